The molecule has 0 heterocycles. The molecule has 566 valence electrons. The van der Waals surface area contributed by atoms with Crippen LogP contribution >= 0.6 is 15.6 Å². The quantitative estimate of drug-likeness (QED) is 0.0169. The average molecular weight is 1410 g/mol. The minimum atomic E-state index is -4.97. The zero-order valence-electron chi connectivity index (χ0n) is 62.0. The summed E-state index contributed by atoms with van der Waals surface area (Å²) in [6, 6.07) is 0. The zero-order valence-corrected chi connectivity index (χ0v) is 63.8. The number of rotatable bonds is 75. The Morgan fingerprint density at radius 3 is 0.854 bits per heavy atom. The van der Waals surface area contributed by atoms with Crippen LogP contribution in [-0.2, 0) is 65.4 Å². The van der Waals surface area contributed by atoms with E-state index in [0.29, 0.717) is 25.7 Å². The monoisotopic (exact) mass is 1410 g/mol. The van der Waals surface area contributed by atoms with Crippen LogP contribution in [0.5, 0.6) is 0 Å². The van der Waals surface area contributed by atoms with Crippen molar-refractivity contribution in [3.05, 3.63) is 24.3 Å². The van der Waals surface area contributed by atoms with Crippen molar-refractivity contribution < 1.29 is 80.2 Å². The minimum Gasteiger partial charge on any atom is -0.462 e. The third kappa shape index (κ3) is 70.0. The van der Waals surface area contributed by atoms with Gasteiger partial charge >= 0.3 is 39.5 Å². The number of carbonyl (C=O) groups is 4. The Hall–Kier alpha value is -2.46. The third-order valence-electron chi connectivity index (χ3n) is 17.4. The van der Waals surface area contributed by atoms with E-state index in [1.54, 1.807) is 0 Å². The zero-order chi connectivity index (χ0) is 70.5. The summed E-state index contributed by atoms with van der Waals surface area (Å²) < 4.78 is 68.5. The fourth-order valence-corrected chi connectivity index (χ4v) is 12.9. The molecular formula is C77H146O17P2. The molecule has 0 amide bonds. The molecule has 0 radical (unpaired) electrons. The molecule has 0 rings (SSSR count). The van der Waals surface area contributed by atoms with Crippen LogP contribution in [0.15, 0.2) is 24.3 Å². The van der Waals surface area contributed by atoms with E-state index in [0.717, 1.165) is 109 Å². The summed E-state index contributed by atoms with van der Waals surface area (Å²) in [7, 11) is -9.93. The average Bonchev–Trinajstić information content (AvgIpc) is 1.27. The largest absolute Gasteiger partial charge is 0.472 e. The molecule has 96 heavy (non-hydrogen) atoms. The van der Waals surface area contributed by atoms with E-state index in [4.69, 9.17) is 37.0 Å². The second-order valence-corrected chi connectivity index (χ2v) is 30.4. The smallest absolute Gasteiger partial charge is 0.462 e. The predicted octanol–water partition coefficient (Wildman–Crippen LogP) is 22.4. The first-order chi connectivity index (χ1) is 46.5. The van der Waals surface area contributed by atoms with Gasteiger partial charge in [-0.05, 0) is 57.3 Å². The normalized spacial score (nSPS) is 14.1. The summed E-state index contributed by atoms with van der Waals surface area (Å²) >= 11 is 0. The molecule has 17 nitrogen and oxygen atoms in total. The van der Waals surface area contributed by atoms with Crippen LogP contribution in [0.1, 0.15) is 381 Å². The number of esters is 4. The standard InChI is InChI=1S/C77H146O17P2/c1-6-9-12-15-18-21-24-27-30-33-35-40-45-50-55-60-74(79)87-66-72(93-77(82)63-58-53-48-42-37-34-31-28-25-22-19-16-13-10-7-2)68-91-95(83,84)89-64-71(78)65-90-96(85,86)92-69-73(67-88-75(80)61-56-51-46-43-38-39-44-49-54-59-70(4)5)94-76(81)62-57-52-47-41-36-32-29-26-23-20-17-14-11-8-3/h22,25,28,31,70-73,78H,6-21,23-24,26-27,29-30,32-69H2,1-5H3,(H,83,84)(H,85,86)/b25-22-,31-28-/t71-,72-,73-/m1/s1. The molecular weight excluding hydrogens is 1260 g/mol. The van der Waals surface area contributed by atoms with Crippen LogP contribution in [-0.4, -0.2) is 96.7 Å². The lowest BCUT2D eigenvalue weighted by atomic mass is 10.0. The van der Waals surface area contributed by atoms with Gasteiger partial charge in [-0.15, -0.1) is 0 Å². The molecule has 0 saturated carbocycles. The summed E-state index contributed by atoms with van der Waals surface area (Å²) in [5, 5.41) is 10.6. The highest BCUT2D eigenvalue weighted by atomic mass is 31.2. The van der Waals surface area contributed by atoms with Crippen molar-refractivity contribution in [2.24, 2.45) is 5.92 Å². The van der Waals surface area contributed by atoms with Crippen molar-refractivity contribution in [3.63, 3.8) is 0 Å². The highest BCUT2D eigenvalue weighted by molar-refractivity contribution is 7.47. The molecule has 0 aromatic carbocycles. The number of aliphatic hydroxyl groups excluding tert-OH is 1. The molecule has 0 fully saturated rings. The van der Waals surface area contributed by atoms with Crippen LogP contribution in [0.4, 0.5) is 0 Å². The number of phosphoric ester groups is 2. The van der Waals surface area contributed by atoms with Gasteiger partial charge in [-0.25, -0.2) is 9.13 Å². The van der Waals surface area contributed by atoms with Crippen LogP contribution < -0.4 is 0 Å². The molecule has 3 N–H and O–H groups in total. The molecule has 5 atom stereocenters. The lowest BCUT2D eigenvalue weighted by Gasteiger charge is -2.21. The van der Waals surface area contributed by atoms with E-state index in [9.17, 15) is 43.2 Å². The van der Waals surface area contributed by atoms with Gasteiger partial charge in [0.05, 0.1) is 26.4 Å². The molecule has 0 aliphatic carbocycles. The number of hydrogen-bond donors (Lipinski definition) is 3. The number of phosphoric acid groups is 2. The van der Waals surface area contributed by atoms with Crippen LogP contribution in [0.2, 0.25) is 0 Å². The fourth-order valence-electron chi connectivity index (χ4n) is 11.3. The Labute approximate surface area is 586 Å². The molecule has 0 spiro atoms. The molecule has 19 heteroatoms. The van der Waals surface area contributed by atoms with E-state index in [-0.39, 0.29) is 25.7 Å². The minimum absolute atomic E-state index is 0.0858. The lowest BCUT2D eigenvalue weighted by Crippen LogP contribution is -2.30. The number of unbranched alkanes of at least 4 members (excludes halogenated alkanes) is 44. The maximum Gasteiger partial charge on any atom is 0.472 e. The first-order valence-electron chi connectivity index (χ1n) is 39.5. The molecule has 2 unspecified atom stereocenters. The SMILES string of the molecule is CCCCCC/C=C\C=C/CCCCCCCC(=O)O[C@H](COC(=O)CCCCCCCCCCCCCCCCC)COP(=O)(O)OC[C@@H](O)COP(=O)(O)OC[C@@H](COC(=O)CCCCCCCCCCCC(C)C)OC(=O)CCCCCCCCCCCCCCCC. The van der Waals surface area contributed by atoms with E-state index in [1.165, 1.54) is 193 Å². The first-order valence-corrected chi connectivity index (χ1v) is 42.4. The van der Waals surface area contributed by atoms with Gasteiger partial charge in [0.2, 0.25) is 0 Å². The van der Waals surface area contributed by atoms with Gasteiger partial charge in [-0.2, -0.15) is 0 Å². The van der Waals surface area contributed by atoms with E-state index in [2.05, 4.69) is 58.9 Å². The van der Waals surface area contributed by atoms with Crippen molar-refractivity contribution in [1.82, 2.24) is 0 Å². The maximum absolute atomic E-state index is 13.1. The van der Waals surface area contributed by atoms with E-state index in [1.807, 2.05) is 0 Å². The third-order valence-corrected chi connectivity index (χ3v) is 19.3. The lowest BCUT2D eigenvalue weighted by molar-refractivity contribution is -0.161. The fraction of sp³-hybridized carbons (Fsp3) is 0.896. The highest BCUT2D eigenvalue weighted by Gasteiger charge is 2.30. The van der Waals surface area contributed by atoms with Gasteiger partial charge in [0, 0.05) is 25.7 Å². The summed E-state index contributed by atoms with van der Waals surface area (Å²) in [5.74, 6) is -1.40. The maximum atomic E-state index is 13.1. The summed E-state index contributed by atoms with van der Waals surface area (Å²) in [6.45, 7) is 7.22. The highest BCUT2D eigenvalue weighted by Crippen LogP contribution is 2.45. The van der Waals surface area contributed by atoms with Crippen LogP contribution in [0.3, 0.4) is 0 Å². The number of hydrogen-bond acceptors (Lipinski definition) is 15. The topological polar surface area (TPSA) is 237 Å². The van der Waals surface area contributed by atoms with E-state index >= 15 is 0 Å². The van der Waals surface area contributed by atoms with Crippen LogP contribution in [0, 0.1) is 5.92 Å². The van der Waals surface area contributed by atoms with Gasteiger partial charge in [0.15, 0.2) is 12.2 Å². The Morgan fingerprint density at radius 1 is 0.323 bits per heavy atom. The number of ether oxygens (including phenoxy) is 4. The van der Waals surface area contributed by atoms with E-state index < -0.39 is 97.5 Å². The number of allylic oxidation sites excluding steroid dienone is 4. The molecule has 0 aliphatic rings. The summed E-state index contributed by atoms with van der Waals surface area (Å²) in [6.07, 6.45) is 61.7. The van der Waals surface area contributed by atoms with Crippen molar-refractivity contribution in [3.8, 4) is 0 Å². The second kappa shape index (κ2) is 69.6. The molecule has 0 aromatic heterocycles. The van der Waals surface area contributed by atoms with Gasteiger partial charge in [-0.3, -0.25) is 37.3 Å². The molecule has 0 saturated heterocycles. The van der Waals surface area contributed by atoms with Crippen LogP contribution in [0.25, 0.3) is 0 Å². The first kappa shape index (κ1) is 93.5. The Kier molecular flexibility index (Phi) is 67.8. The Morgan fingerprint density at radius 2 is 0.562 bits per heavy atom. The molecule has 0 aliphatic heterocycles. The van der Waals surface area contributed by atoms with Crippen molar-refractivity contribution in [2.45, 2.75) is 400 Å². The number of carbonyl (C=O) groups excluding carboxylic acids is 4. The molecule has 0 bridgehead atoms. The predicted molar refractivity (Wildman–Crippen MR) is 391 cm³/mol. The van der Waals surface area contributed by atoms with Crippen molar-refractivity contribution in [1.29, 1.82) is 0 Å². The summed E-state index contributed by atoms with van der Waals surface area (Å²) in [5.41, 5.74) is 0. The van der Waals surface area contributed by atoms with Gasteiger partial charge < -0.3 is 33.8 Å². The van der Waals surface area contributed by atoms with Crippen molar-refractivity contribution in [2.75, 3.05) is 39.6 Å². The Bertz CT molecular complexity index is 1930. The Balaban J connectivity index is 5.30. The van der Waals surface area contributed by atoms with Gasteiger partial charge in [0.25, 0.3) is 0 Å². The van der Waals surface area contributed by atoms with Gasteiger partial charge in [-0.1, -0.05) is 329 Å². The summed E-state index contributed by atoms with van der Waals surface area (Å²) in [4.78, 5) is 72.9. The molecule has 0 aromatic rings. The van der Waals surface area contributed by atoms with Crippen molar-refractivity contribution >= 4 is 39.5 Å². The number of aliphatic hydroxyl groups is 1. The second-order valence-electron chi connectivity index (χ2n) is 27.5. The van der Waals surface area contributed by atoms with Gasteiger partial charge in [0.1, 0.15) is 19.3 Å².